The number of ether oxygens (including phenoxy) is 1. The van der Waals surface area contributed by atoms with Crippen molar-refractivity contribution in [1.82, 2.24) is 4.98 Å². The van der Waals surface area contributed by atoms with Gasteiger partial charge in [0, 0.05) is 17.5 Å². The van der Waals surface area contributed by atoms with Crippen LogP contribution in [0.15, 0.2) is 24.4 Å². The van der Waals surface area contributed by atoms with Crippen LogP contribution in [0.5, 0.6) is 0 Å². The number of hydrogen-bond donors (Lipinski definition) is 2. The molecule has 1 amide bonds. The van der Waals surface area contributed by atoms with Crippen molar-refractivity contribution in [2.24, 2.45) is 0 Å². The minimum absolute atomic E-state index is 0.0250. The second-order valence-corrected chi connectivity index (χ2v) is 8.56. The van der Waals surface area contributed by atoms with Crippen molar-refractivity contribution in [2.45, 2.75) is 32.5 Å². The summed E-state index contributed by atoms with van der Waals surface area (Å²) in [4.78, 5) is 18.9. The molecule has 2 aromatic rings. The minimum Gasteiger partial charge on any atom is -0.364 e. The zero-order chi connectivity index (χ0) is 18.7. The number of nitrogens with zero attached hydrogens (tertiary/aromatic N) is 1. The van der Waals surface area contributed by atoms with E-state index in [1.54, 1.807) is 12.3 Å². The number of anilines is 1. The second kappa shape index (κ2) is 8.67. The highest BCUT2D eigenvalue weighted by molar-refractivity contribution is 7.15. The number of thiazole rings is 1. The molecule has 2 atom stereocenters. The first-order chi connectivity index (χ1) is 12.4. The molecule has 5 nitrogen and oxygen atoms in total. The molecule has 140 valence electrons. The van der Waals surface area contributed by atoms with Gasteiger partial charge in [0.05, 0.1) is 10.0 Å². The molecule has 1 aliphatic rings. The Hall–Kier alpha value is -1.18. The van der Waals surface area contributed by atoms with E-state index in [2.05, 4.69) is 10.3 Å². The lowest BCUT2D eigenvalue weighted by atomic mass is 10.1. The van der Waals surface area contributed by atoms with Crippen molar-refractivity contribution in [1.29, 1.82) is 0 Å². The van der Waals surface area contributed by atoms with Crippen LogP contribution < -0.4 is 10.2 Å². The minimum atomic E-state index is -0.0250. The van der Waals surface area contributed by atoms with Gasteiger partial charge in [0.1, 0.15) is 25.3 Å². The number of halogens is 2. The molecular weight excluding hydrogens is 393 g/mol. The summed E-state index contributed by atoms with van der Waals surface area (Å²) in [5.41, 5.74) is 0.946. The number of aromatic nitrogens is 1. The summed E-state index contributed by atoms with van der Waals surface area (Å²) in [6.07, 6.45) is 2.76. The molecule has 0 bridgehead atoms. The first-order valence-electron chi connectivity index (χ1n) is 8.57. The third kappa shape index (κ3) is 5.18. The predicted octanol–water partition coefficient (Wildman–Crippen LogP) is 2.67. The normalized spacial score (nSPS) is 23.0. The van der Waals surface area contributed by atoms with E-state index in [0.29, 0.717) is 28.1 Å². The molecule has 1 aromatic heterocycles. The summed E-state index contributed by atoms with van der Waals surface area (Å²) < 4.78 is 5.71. The van der Waals surface area contributed by atoms with E-state index in [4.69, 9.17) is 27.9 Å². The van der Waals surface area contributed by atoms with Crippen LogP contribution in [0.2, 0.25) is 10.0 Å². The van der Waals surface area contributed by atoms with Gasteiger partial charge in [-0.05, 0) is 25.5 Å². The number of quaternary nitrogens is 1. The summed E-state index contributed by atoms with van der Waals surface area (Å²) in [6.45, 7) is 6.19. The van der Waals surface area contributed by atoms with Crippen LogP contribution in [0, 0.1) is 0 Å². The van der Waals surface area contributed by atoms with E-state index in [0.717, 1.165) is 23.5 Å². The number of hydrogen-bond acceptors (Lipinski definition) is 4. The molecule has 1 saturated heterocycles. The molecule has 2 N–H and O–H groups in total. The average Bonchev–Trinajstić information content (AvgIpc) is 2.97. The molecule has 0 spiro atoms. The van der Waals surface area contributed by atoms with Gasteiger partial charge in [-0.1, -0.05) is 35.3 Å². The number of carbonyl (C=O) groups is 1. The Morgan fingerprint density at radius 1 is 1.35 bits per heavy atom. The van der Waals surface area contributed by atoms with Crippen LogP contribution >= 0.6 is 34.5 Å². The standard InChI is InChI=1S/C18H21Cl2N3O2S/c1-11-8-23(9-12(2)25-11)10-16(24)22-18-21-7-14(26-18)6-13-4-3-5-15(19)17(13)20/h3-5,7,11-12H,6,8-10H2,1-2H3,(H,21,22,24)/p+1/t11-,12-/m0/s1. The molecule has 3 rings (SSSR count). The molecule has 2 heterocycles. The highest BCUT2D eigenvalue weighted by atomic mass is 35.5. The monoisotopic (exact) mass is 414 g/mol. The second-order valence-electron chi connectivity index (χ2n) is 6.66. The topological polar surface area (TPSA) is 55.7 Å². The van der Waals surface area contributed by atoms with Crippen LogP contribution in [0.3, 0.4) is 0 Å². The van der Waals surface area contributed by atoms with Gasteiger partial charge in [-0.3, -0.25) is 10.1 Å². The van der Waals surface area contributed by atoms with Crippen LogP contribution in [0.1, 0.15) is 24.3 Å². The largest absolute Gasteiger partial charge is 0.364 e. The lowest BCUT2D eigenvalue weighted by molar-refractivity contribution is -0.907. The quantitative estimate of drug-likeness (QED) is 0.790. The Morgan fingerprint density at radius 3 is 2.81 bits per heavy atom. The number of nitrogens with one attached hydrogen (secondary N) is 2. The summed E-state index contributed by atoms with van der Waals surface area (Å²) in [5.74, 6) is -0.0250. The number of rotatable bonds is 5. The fourth-order valence-electron chi connectivity index (χ4n) is 3.24. The summed E-state index contributed by atoms with van der Waals surface area (Å²) in [5, 5.41) is 4.61. The van der Waals surface area contributed by atoms with Crippen molar-refractivity contribution in [2.75, 3.05) is 25.0 Å². The Morgan fingerprint density at radius 2 is 2.08 bits per heavy atom. The van der Waals surface area contributed by atoms with E-state index in [-0.39, 0.29) is 18.1 Å². The van der Waals surface area contributed by atoms with Crippen molar-refractivity contribution in [3.05, 3.63) is 44.9 Å². The Labute approximate surface area is 167 Å². The number of benzene rings is 1. The van der Waals surface area contributed by atoms with Gasteiger partial charge in [-0.2, -0.15) is 0 Å². The zero-order valence-corrected chi connectivity index (χ0v) is 17.0. The van der Waals surface area contributed by atoms with Crippen molar-refractivity contribution >= 4 is 45.6 Å². The molecule has 0 unspecified atom stereocenters. The first kappa shape index (κ1) is 19.6. The van der Waals surface area contributed by atoms with Gasteiger partial charge in [-0.25, -0.2) is 4.98 Å². The van der Waals surface area contributed by atoms with Gasteiger partial charge in [0.15, 0.2) is 11.7 Å². The van der Waals surface area contributed by atoms with Gasteiger partial charge in [0.2, 0.25) is 0 Å². The molecule has 0 saturated carbocycles. The van der Waals surface area contributed by atoms with Crippen LogP contribution in [-0.4, -0.2) is 42.7 Å². The van der Waals surface area contributed by atoms with E-state index < -0.39 is 0 Å². The molecule has 26 heavy (non-hydrogen) atoms. The molecule has 1 aliphatic heterocycles. The molecule has 1 fully saturated rings. The number of amides is 1. The fourth-order valence-corrected chi connectivity index (χ4v) is 4.48. The highest BCUT2D eigenvalue weighted by Crippen LogP contribution is 2.29. The average molecular weight is 415 g/mol. The van der Waals surface area contributed by atoms with Gasteiger partial charge in [0.25, 0.3) is 5.91 Å². The van der Waals surface area contributed by atoms with Gasteiger partial charge in [-0.15, -0.1) is 11.3 Å². The molecule has 8 heteroatoms. The van der Waals surface area contributed by atoms with Crippen LogP contribution in [0.25, 0.3) is 0 Å². The SMILES string of the molecule is C[C@H]1C[NH+](CC(=O)Nc2ncc(Cc3cccc(Cl)c3Cl)s2)C[C@H](C)O1. The summed E-state index contributed by atoms with van der Waals surface area (Å²) in [6, 6.07) is 5.58. The van der Waals surface area contributed by atoms with Crippen LogP contribution in [0.4, 0.5) is 5.13 Å². The van der Waals surface area contributed by atoms with Crippen LogP contribution in [-0.2, 0) is 16.0 Å². The zero-order valence-electron chi connectivity index (χ0n) is 14.7. The fraction of sp³-hybridized carbons (Fsp3) is 0.444. The van der Waals surface area contributed by atoms with Crippen molar-refractivity contribution in [3.63, 3.8) is 0 Å². The maximum absolute atomic E-state index is 12.3. The third-order valence-corrected chi connectivity index (χ3v) is 5.99. The maximum atomic E-state index is 12.3. The Balaban J connectivity index is 1.56. The van der Waals surface area contributed by atoms with Crippen molar-refractivity contribution < 1.29 is 14.4 Å². The molecule has 0 radical (unpaired) electrons. The van der Waals surface area contributed by atoms with Gasteiger partial charge >= 0.3 is 0 Å². The lowest BCUT2D eigenvalue weighted by Gasteiger charge is -2.31. The predicted molar refractivity (Wildman–Crippen MR) is 106 cm³/mol. The van der Waals surface area contributed by atoms with E-state index in [1.165, 1.54) is 16.2 Å². The van der Waals surface area contributed by atoms with Gasteiger partial charge < -0.3 is 9.64 Å². The molecule has 0 aliphatic carbocycles. The third-order valence-electron chi connectivity index (χ3n) is 4.22. The summed E-state index contributed by atoms with van der Waals surface area (Å²) in [7, 11) is 0. The summed E-state index contributed by atoms with van der Waals surface area (Å²) >= 11 is 13.7. The Kier molecular flexibility index (Phi) is 6.53. The maximum Gasteiger partial charge on any atom is 0.281 e. The molecule has 1 aromatic carbocycles. The number of carbonyl (C=O) groups excluding carboxylic acids is 1. The van der Waals surface area contributed by atoms with E-state index >= 15 is 0 Å². The van der Waals surface area contributed by atoms with E-state index in [9.17, 15) is 4.79 Å². The van der Waals surface area contributed by atoms with Crippen molar-refractivity contribution in [3.8, 4) is 0 Å². The lowest BCUT2D eigenvalue weighted by Crippen LogP contribution is -3.16. The number of morpholine rings is 1. The molecular formula is C18H22Cl2N3O2S+. The Bertz CT molecular complexity index is 774. The van der Waals surface area contributed by atoms with E-state index in [1.807, 2.05) is 26.0 Å². The first-order valence-corrected chi connectivity index (χ1v) is 10.1. The highest BCUT2D eigenvalue weighted by Gasteiger charge is 2.27. The smallest absolute Gasteiger partial charge is 0.281 e.